The summed E-state index contributed by atoms with van der Waals surface area (Å²) in [6.45, 7) is 1.88. The van der Waals surface area contributed by atoms with Gasteiger partial charge in [-0.1, -0.05) is 24.3 Å². The fourth-order valence-electron chi connectivity index (χ4n) is 3.27. The lowest BCUT2D eigenvalue weighted by molar-refractivity contribution is -0.137. The topological polar surface area (TPSA) is 66.9 Å². The van der Waals surface area contributed by atoms with Crippen molar-refractivity contribution in [1.82, 2.24) is 9.97 Å². The van der Waals surface area contributed by atoms with Crippen LogP contribution in [0.3, 0.4) is 0 Å². The SMILES string of the molecule is Cc1ccccc1Nc1ncc(-c2cccnc2)cc1NC(=O)c1cc(F)cc(C(F)(F)F)c1. The molecule has 0 aliphatic carbocycles. The van der Waals surface area contributed by atoms with Gasteiger partial charge < -0.3 is 10.6 Å². The van der Waals surface area contributed by atoms with E-state index < -0.39 is 29.0 Å². The van der Waals surface area contributed by atoms with E-state index in [9.17, 15) is 22.4 Å². The zero-order valence-corrected chi connectivity index (χ0v) is 17.8. The van der Waals surface area contributed by atoms with Crippen LogP contribution in [0.5, 0.6) is 0 Å². The number of pyridine rings is 2. The molecule has 0 saturated carbocycles. The Bertz CT molecular complexity index is 1340. The largest absolute Gasteiger partial charge is 0.416 e. The summed E-state index contributed by atoms with van der Waals surface area (Å²) < 4.78 is 53.1. The molecule has 0 aliphatic rings. The van der Waals surface area contributed by atoms with E-state index in [-0.39, 0.29) is 11.5 Å². The molecule has 2 aromatic heterocycles. The molecular formula is C25H18F4N4O. The van der Waals surface area contributed by atoms with Crippen molar-refractivity contribution in [2.45, 2.75) is 13.1 Å². The Kier molecular flexibility index (Phi) is 6.27. The number of hydrogen-bond acceptors (Lipinski definition) is 4. The minimum Gasteiger partial charge on any atom is -0.338 e. The number of nitrogens with one attached hydrogen (secondary N) is 2. The zero-order chi connectivity index (χ0) is 24.3. The molecule has 2 aromatic carbocycles. The molecule has 4 aromatic rings. The van der Waals surface area contributed by atoms with Gasteiger partial charge in [-0.3, -0.25) is 9.78 Å². The van der Waals surface area contributed by atoms with Crippen molar-refractivity contribution in [2.75, 3.05) is 10.6 Å². The first-order valence-electron chi connectivity index (χ1n) is 10.1. The van der Waals surface area contributed by atoms with Crippen LogP contribution in [0.2, 0.25) is 0 Å². The van der Waals surface area contributed by atoms with Gasteiger partial charge in [0, 0.05) is 41.0 Å². The van der Waals surface area contributed by atoms with Crippen molar-refractivity contribution in [3.63, 3.8) is 0 Å². The van der Waals surface area contributed by atoms with Crippen LogP contribution in [-0.4, -0.2) is 15.9 Å². The minimum absolute atomic E-state index is 0.201. The number of alkyl halides is 3. The molecule has 9 heteroatoms. The van der Waals surface area contributed by atoms with Gasteiger partial charge in [-0.25, -0.2) is 9.37 Å². The lowest BCUT2D eigenvalue weighted by Gasteiger charge is -2.16. The van der Waals surface area contributed by atoms with E-state index >= 15 is 0 Å². The lowest BCUT2D eigenvalue weighted by atomic mass is 10.1. The van der Waals surface area contributed by atoms with Crippen molar-refractivity contribution in [3.05, 3.63) is 102 Å². The number of anilines is 3. The summed E-state index contributed by atoms with van der Waals surface area (Å²) in [7, 11) is 0. The predicted molar refractivity (Wildman–Crippen MR) is 121 cm³/mol. The van der Waals surface area contributed by atoms with E-state index in [1.807, 2.05) is 31.2 Å². The maximum atomic E-state index is 13.8. The number of para-hydroxylation sites is 1. The second-order valence-corrected chi connectivity index (χ2v) is 7.48. The molecule has 2 heterocycles. The molecule has 0 fully saturated rings. The summed E-state index contributed by atoms with van der Waals surface area (Å²) in [6.07, 6.45) is 0.00281. The first-order valence-corrected chi connectivity index (χ1v) is 10.1. The van der Waals surface area contributed by atoms with E-state index in [4.69, 9.17) is 0 Å². The maximum Gasteiger partial charge on any atom is 0.416 e. The quantitative estimate of drug-likeness (QED) is 0.325. The van der Waals surface area contributed by atoms with E-state index in [1.54, 1.807) is 36.8 Å². The Morgan fingerprint density at radius 2 is 1.71 bits per heavy atom. The number of carbonyl (C=O) groups is 1. The Balaban J connectivity index is 1.73. The minimum atomic E-state index is -4.80. The van der Waals surface area contributed by atoms with Gasteiger partial charge in [-0.05, 0) is 48.9 Å². The Hall–Kier alpha value is -4.27. The van der Waals surface area contributed by atoms with Crippen molar-refractivity contribution in [2.24, 2.45) is 0 Å². The van der Waals surface area contributed by atoms with Crippen LogP contribution < -0.4 is 10.6 Å². The molecule has 0 radical (unpaired) electrons. The van der Waals surface area contributed by atoms with Gasteiger partial charge in [0.15, 0.2) is 5.82 Å². The lowest BCUT2D eigenvalue weighted by Crippen LogP contribution is -2.16. The molecule has 0 aliphatic heterocycles. The highest BCUT2D eigenvalue weighted by atomic mass is 19.4. The van der Waals surface area contributed by atoms with Crippen LogP contribution in [0.1, 0.15) is 21.5 Å². The molecule has 1 amide bonds. The third-order valence-corrected chi connectivity index (χ3v) is 5.02. The summed E-state index contributed by atoms with van der Waals surface area (Å²) in [4.78, 5) is 21.3. The molecule has 0 unspecified atom stereocenters. The summed E-state index contributed by atoms with van der Waals surface area (Å²) in [6, 6.07) is 14.2. The summed E-state index contributed by atoms with van der Waals surface area (Å²) in [5.74, 6) is -1.81. The smallest absolute Gasteiger partial charge is 0.338 e. The third kappa shape index (κ3) is 5.20. The number of aromatic nitrogens is 2. The van der Waals surface area contributed by atoms with Crippen LogP contribution in [0.25, 0.3) is 11.1 Å². The second-order valence-electron chi connectivity index (χ2n) is 7.48. The highest BCUT2D eigenvalue weighted by Gasteiger charge is 2.32. The van der Waals surface area contributed by atoms with Crippen LogP contribution >= 0.6 is 0 Å². The van der Waals surface area contributed by atoms with Gasteiger partial charge in [-0.2, -0.15) is 13.2 Å². The second kappa shape index (κ2) is 9.30. The Morgan fingerprint density at radius 3 is 2.41 bits per heavy atom. The van der Waals surface area contributed by atoms with E-state index in [0.717, 1.165) is 22.9 Å². The molecule has 2 N–H and O–H groups in total. The molecule has 0 atom stereocenters. The van der Waals surface area contributed by atoms with Crippen LogP contribution in [-0.2, 0) is 6.18 Å². The zero-order valence-electron chi connectivity index (χ0n) is 17.8. The maximum absolute atomic E-state index is 13.8. The predicted octanol–water partition coefficient (Wildman–Crippen LogP) is 6.61. The molecule has 4 rings (SSSR count). The van der Waals surface area contributed by atoms with Gasteiger partial charge >= 0.3 is 6.18 Å². The average Bonchev–Trinajstić information content (AvgIpc) is 2.81. The Labute approximate surface area is 192 Å². The van der Waals surface area contributed by atoms with Crippen molar-refractivity contribution < 1.29 is 22.4 Å². The summed E-state index contributed by atoms with van der Waals surface area (Å²) in [5, 5.41) is 5.69. The standard InChI is InChI=1S/C25H18F4N4O/c1-15-5-2-3-7-21(15)32-23-22(11-18(14-31-23)16-6-4-8-30-13-16)33-24(34)17-9-19(25(27,28)29)12-20(26)10-17/h2-14H,1H3,(H,31,32)(H,33,34). The van der Waals surface area contributed by atoms with E-state index in [2.05, 4.69) is 20.6 Å². The highest BCUT2D eigenvalue weighted by Crippen LogP contribution is 2.32. The first kappa shape index (κ1) is 22.9. The number of aryl methyl sites for hydroxylation is 1. The monoisotopic (exact) mass is 466 g/mol. The number of hydrogen-bond donors (Lipinski definition) is 2. The molecule has 0 spiro atoms. The number of benzene rings is 2. The number of carbonyl (C=O) groups excluding carboxylic acids is 1. The van der Waals surface area contributed by atoms with Crippen molar-refractivity contribution in [3.8, 4) is 11.1 Å². The van der Waals surface area contributed by atoms with Crippen LogP contribution in [0.15, 0.2) is 79.3 Å². The van der Waals surface area contributed by atoms with Gasteiger partial charge in [-0.15, -0.1) is 0 Å². The third-order valence-electron chi connectivity index (χ3n) is 5.02. The molecule has 5 nitrogen and oxygen atoms in total. The Morgan fingerprint density at radius 1 is 0.912 bits per heavy atom. The first-order chi connectivity index (χ1) is 16.2. The van der Waals surface area contributed by atoms with Crippen molar-refractivity contribution >= 4 is 23.1 Å². The fraction of sp³-hybridized carbons (Fsp3) is 0.0800. The molecule has 0 saturated heterocycles. The number of rotatable bonds is 5. The fourth-order valence-corrected chi connectivity index (χ4v) is 3.27. The number of nitrogens with zero attached hydrogens (tertiary/aromatic N) is 2. The van der Waals surface area contributed by atoms with Gasteiger partial charge in [0.1, 0.15) is 5.82 Å². The van der Waals surface area contributed by atoms with E-state index in [0.29, 0.717) is 17.7 Å². The molecule has 0 bridgehead atoms. The van der Waals surface area contributed by atoms with E-state index in [1.165, 1.54) is 0 Å². The number of halogens is 4. The van der Waals surface area contributed by atoms with Gasteiger partial charge in [0.25, 0.3) is 5.91 Å². The molecular weight excluding hydrogens is 448 g/mol. The number of amides is 1. The normalized spacial score (nSPS) is 11.2. The molecule has 34 heavy (non-hydrogen) atoms. The average molecular weight is 466 g/mol. The highest BCUT2D eigenvalue weighted by molar-refractivity contribution is 6.06. The van der Waals surface area contributed by atoms with Crippen molar-refractivity contribution in [1.29, 1.82) is 0 Å². The van der Waals surface area contributed by atoms with Crippen LogP contribution in [0, 0.1) is 12.7 Å². The molecule has 172 valence electrons. The summed E-state index contributed by atoms with van der Waals surface area (Å²) >= 11 is 0. The van der Waals surface area contributed by atoms with Gasteiger partial charge in [0.2, 0.25) is 0 Å². The van der Waals surface area contributed by atoms with Gasteiger partial charge in [0.05, 0.1) is 11.3 Å². The summed E-state index contributed by atoms with van der Waals surface area (Å²) in [5.41, 5.74) is 1.46. The van der Waals surface area contributed by atoms with Crippen LogP contribution in [0.4, 0.5) is 34.8 Å².